The molecular formula is C37H44N6O6. The average molecular weight is 669 g/mol. The van der Waals surface area contributed by atoms with Crippen LogP contribution in [0.1, 0.15) is 42.5 Å². The monoisotopic (exact) mass is 668 g/mol. The van der Waals surface area contributed by atoms with E-state index in [0.717, 1.165) is 16.7 Å². The Hall–Kier alpha value is -5.49. The number of carbonyl (C=O) groups is 3. The van der Waals surface area contributed by atoms with Gasteiger partial charge < -0.3 is 36.3 Å². The smallest absolute Gasteiger partial charge is 0.408 e. The number of ether oxygens (including phenoxy) is 2. The van der Waals surface area contributed by atoms with E-state index < -0.39 is 42.3 Å². The molecule has 49 heavy (non-hydrogen) atoms. The van der Waals surface area contributed by atoms with Gasteiger partial charge in [-0.2, -0.15) is 0 Å². The fourth-order valence-corrected chi connectivity index (χ4v) is 5.19. The number of nitrogens with one attached hydrogen (secondary N) is 3. The van der Waals surface area contributed by atoms with Crippen molar-refractivity contribution in [3.8, 4) is 0 Å². The summed E-state index contributed by atoms with van der Waals surface area (Å²) in [6.07, 6.45) is 3.07. The second-order valence-corrected chi connectivity index (χ2v) is 12.1. The summed E-state index contributed by atoms with van der Waals surface area (Å²) in [5.74, 6) is -0.438. The van der Waals surface area contributed by atoms with Gasteiger partial charge in [0, 0.05) is 35.8 Å². The molecule has 1 unspecified atom stereocenters. The maximum atomic E-state index is 13.7. The van der Waals surface area contributed by atoms with Crippen LogP contribution in [0.15, 0.2) is 104 Å². The molecule has 0 aliphatic heterocycles. The molecule has 2 aromatic heterocycles. The molecule has 3 amide bonds. The van der Waals surface area contributed by atoms with Crippen molar-refractivity contribution in [2.45, 2.75) is 70.6 Å². The molecule has 0 aliphatic rings. The summed E-state index contributed by atoms with van der Waals surface area (Å²) in [6.45, 7) is 3.58. The molecule has 0 bridgehead atoms. The van der Waals surface area contributed by atoms with Gasteiger partial charge in [-0.15, -0.1) is 0 Å². The summed E-state index contributed by atoms with van der Waals surface area (Å²) in [5, 5.41) is 20.2. The van der Waals surface area contributed by atoms with Crippen molar-refractivity contribution in [2.24, 2.45) is 5.92 Å². The molecule has 6 N–H and O–H groups in total. The summed E-state index contributed by atoms with van der Waals surface area (Å²) in [5.41, 5.74) is 8.84. The molecule has 0 spiro atoms. The van der Waals surface area contributed by atoms with E-state index in [1.807, 2.05) is 60.7 Å². The summed E-state index contributed by atoms with van der Waals surface area (Å²) < 4.78 is 10.8. The first-order chi connectivity index (χ1) is 23.7. The number of rotatable bonds is 16. The van der Waals surface area contributed by atoms with Crippen LogP contribution >= 0.6 is 0 Å². The minimum absolute atomic E-state index is 0.0376. The normalized spacial score (nSPS) is 13.4. The van der Waals surface area contributed by atoms with E-state index in [4.69, 9.17) is 15.2 Å². The fraction of sp³-hybridized carbons (Fsp3) is 0.324. The number of nitrogen functional groups attached to an aromatic ring is 1. The van der Waals surface area contributed by atoms with E-state index in [9.17, 15) is 19.5 Å². The minimum atomic E-state index is -1.09. The van der Waals surface area contributed by atoms with Crippen LogP contribution in [0.25, 0.3) is 0 Å². The van der Waals surface area contributed by atoms with Gasteiger partial charge in [0.05, 0.1) is 12.1 Å². The Morgan fingerprint density at radius 1 is 0.735 bits per heavy atom. The van der Waals surface area contributed by atoms with Gasteiger partial charge in [-0.1, -0.05) is 86.6 Å². The molecule has 258 valence electrons. The van der Waals surface area contributed by atoms with Crippen LogP contribution in [0, 0.1) is 5.92 Å². The molecule has 0 aliphatic carbocycles. The quantitative estimate of drug-likeness (QED) is 0.116. The van der Waals surface area contributed by atoms with Crippen molar-refractivity contribution >= 4 is 23.9 Å². The highest BCUT2D eigenvalue weighted by Gasteiger charge is 2.31. The highest BCUT2D eigenvalue weighted by atomic mass is 16.6. The second kappa shape index (κ2) is 18.7. The van der Waals surface area contributed by atoms with Crippen molar-refractivity contribution < 1.29 is 29.0 Å². The van der Waals surface area contributed by atoms with Crippen LogP contribution in [0.5, 0.6) is 0 Å². The number of pyridine rings is 2. The third-order valence-electron chi connectivity index (χ3n) is 7.80. The third-order valence-corrected chi connectivity index (χ3v) is 7.80. The maximum absolute atomic E-state index is 13.7. The molecule has 12 nitrogen and oxygen atoms in total. The summed E-state index contributed by atoms with van der Waals surface area (Å²) in [7, 11) is 0. The van der Waals surface area contributed by atoms with Crippen LogP contribution in [-0.4, -0.2) is 57.4 Å². The van der Waals surface area contributed by atoms with Crippen LogP contribution in [0.4, 0.5) is 15.4 Å². The number of benzene rings is 2. The van der Waals surface area contributed by atoms with Gasteiger partial charge in [-0.25, -0.2) is 14.6 Å². The lowest BCUT2D eigenvalue weighted by atomic mass is 9.93. The Morgan fingerprint density at radius 2 is 1.33 bits per heavy atom. The van der Waals surface area contributed by atoms with E-state index in [0.29, 0.717) is 24.2 Å². The van der Waals surface area contributed by atoms with Gasteiger partial charge in [0.15, 0.2) is 0 Å². The fourth-order valence-electron chi connectivity index (χ4n) is 5.19. The van der Waals surface area contributed by atoms with Crippen molar-refractivity contribution in [2.75, 3.05) is 5.73 Å². The number of hydrogen-bond donors (Lipinski definition) is 5. The van der Waals surface area contributed by atoms with Crippen LogP contribution in [0.3, 0.4) is 0 Å². The summed E-state index contributed by atoms with van der Waals surface area (Å²) >= 11 is 0. The second-order valence-electron chi connectivity index (χ2n) is 12.1. The number of nitrogens with two attached hydrogens (primary N) is 1. The number of alkyl carbamates (subject to hydrolysis) is 2. The maximum Gasteiger partial charge on any atom is 0.408 e. The largest absolute Gasteiger partial charge is 0.445 e. The molecule has 4 rings (SSSR count). The predicted octanol–water partition coefficient (Wildman–Crippen LogP) is 4.33. The van der Waals surface area contributed by atoms with Gasteiger partial charge in [-0.05, 0) is 48.4 Å². The van der Waals surface area contributed by atoms with Crippen LogP contribution in [0.2, 0.25) is 0 Å². The molecule has 0 saturated carbocycles. The van der Waals surface area contributed by atoms with E-state index in [-0.39, 0.29) is 25.6 Å². The number of aliphatic hydroxyl groups is 1. The number of aromatic nitrogens is 2. The highest BCUT2D eigenvalue weighted by Crippen LogP contribution is 2.16. The Balaban J connectivity index is 1.45. The van der Waals surface area contributed by atoms with E-state index in [2.05, 4.69) is 25.9 Å². The van der Waals surface area contributed by atoms with E-state index >= 15 is 0 Å². The van der Waals surface area contributed by atoms with Gasteiger partial charge in [0.1, 0.15) is 25.1 Å². The molecule has 0 saturated heterocycles. The van der Waals surface area contributed by atoms with Gasteiger partial charge in [-0.3, -0.25) is 9.78 Å². The molecule has 2 heterocycles. The molecule has 0 radical (unpaired) electrons. The number of aliphatic hydroxyl groups excluding tert-OH is 1. The Morgan fingerprint density at radius 3 is 1.90 bits per heavy atom. The number of hydrogen-bond acceptors (Lipinski definition) is 9. The lowest BCUT2D eigenvalue weighted by Gasteiger charge is -2.30. The van der Waals surface area contributed by atoms with Crippen molar-refractivity contribution in [1.82, 2.24) is 25.9 Å². The first-order valence-corrected chi connectivity index (χ1v) is 16.2. The molecule has 4 aromatic rings. The minimum Gasteiger partial charge on any atom is -0.445 e. The van der Waals surface area contributed by atoms with Crippen molar-refractivity contribution in [3.05, 3.63) is 126 Å². The first-order valence-electron chi connectivity index (χ1n) is 16.2. The van der Waals surface area contributed by atoms with Gasteiger partial charge in [0.2, 0.25) is 5.91 Å². The summed E-state index contributed by atoms with van der Waals surface area (Å²) in [6, 6.07) is 23.6. The lowest BCUT2D eigenvalue weighted by molar-refractivity contribution is -0.125. The molecule has 12 heteroatoms. The number of carbonyl (C=O) groups excluding carboxylic acids is 3. The molecule has 2 aromatic carbocycles. The zero-order valence-corrected chi connectivity index (χ0v) is 27.7. The van der Waals surface area contributed by atoms with E-state index in [1.165, 1.54) is 6.20 Å². The Labute approximate surface area is 286 Å². The van der Waals surface area contributed by atoms with Crippen molar-refractivity contribution in [1.29, 1.82) is 0 Å². The zero-order chi connectivity index (χ0) is 35.0. The SMILES string of the molecule is CC(C)C(NC(=O)OCc1ccc(N)nc1)C(=O)N[C@@H](Cc1ccccc1)[C@@H](O)C[C@H](Cc1ccccc1)NC(=O)OCc1cccnc1. The molecular weight excluding hydrogens is 624 g/mol. The Kier molecular flexibility index (Phi) is 13.9. The summed E-state index contributed by atoms with van der Waals surface area (Å²) in [4.78, 5) is 47.3. The van der Waals surface area contributed by atoms with Crippen LogP contribution in [-0.2, 0) is 40.3 Å². The van der Waals surface area contributed by atoms with Crippen LogP contribution < -0.4 is 21.7 Å². The third kappa shape index (κ3) is 12.6. The highest BCUT2D eigenvalue weighted by molar-refractivity contribution is 5.86. The van der Waals surface area contributed by atoms with E-state index in [1.54, 1.807) is 50.5 Å². The standard InChI is InChI=1S/C37H44N6O6/c1-25(2)34(43-37(47)49-24-29-15-16-33(38)40-22-29)35(45)42-31(19-27-12-7-4-8-13-27)32(44)20-30(18-26-10-5-3-6-11-26)41-36(46)48-23-28-14-9-17-39-21-28/h3-17,21-22,25,30-32,34,44H,18-20,23-24H2,1-2H3,(H2,38,40)(H,41,46)(H,42,45)(H,43,47)/t30-,31-,32-,34?/m0/s1. The molecule has 4 atom stereocenters. The first kappa shape index (κ1) is 36.3. The van der Waals surface area contributed by atoms with Gasteiger partial charge in [0.25, 0.3) is 0 Å². The topological polar surface area (TPSA) is 178 Å². The number of amides is 3. The number of nitrogens with zero attached hydrogens (tertiary/aromatic N) is 2. The lowest BCUT2D eigenvalue weighted by Crippen LogP contribution is -2.56. The average Bonchev–Trinajstić information content (AvgIpc) is 3.10. The molecule has 0 fully saturated rings. The zero-order valence-electron chi connectivity index (χ0n) is 27.7. The van der Waals surface area contributed by atoms with Gasteiger partial charge >= 0.3 is 12.2 Å². The predicted molar refractivity (Wildman–Crippen MR) is 185 cm³/mol. The Bertz CT molecular complexity index is 1590. The number of anilines is 1. The van der Waals surface area contributed by atoms with Crippen molar-refractivity contribution in [3.63, 3.8) is 0 Å².